The number of carbonyl (C=O) groups excluding carboxylic acids is 1. The normalized spacial score (nSPS) is 41.8. The minimum Gasteiger partial charge on any atom is -0.446 e. The number of fused-ring (bicyclic) bond motifs is 5. The molecule has 0 aromatic heterocycles. The molecule has 4 aliphatic rings. The van der Waals surface area contributed by atoms with E-state index in [-0.39, 0.29) is 12.2 Å². The largest absolute Gasteiger partial charge is 0.446 e. The highest BCUT2D eigenvalue weighted by atomic mass is 16.6. The maximum atomic E-state index is 11.7. The van der Waals surface area contributed by atoms with Crippen molar-refractivity contribution in [2.75, 3.05) is 7.05 Å². The van der Waals surface area contributed by atoms with Crippen molar-refractivity contribution in [1.82, 2.24) is 5.32 Å². The second-order valence-corrected chi connectivity index (χ2v) is 12.8. The van der Waals surface area contributed by atoms with Crippen molar-refractivity contribution in [3.8, 4) is 0 Å². The van der Waals surface area contributed by atoms with Crippen LogP contribution in [0.25, 0.3) is 0 Å². The number of amides is 1. The van der Waals surface area contributed by atoms with Gasteiger partial charge in [0.1, 0.15) is 6.10 Å². The highest BCUT2D eigenvalue weighted by molar-refractivity contribution is 5.66. The maximum absolute atomic E-state index is 11.7. The van der Waals surface area contributed by atoms with Crippen molar-refractivity contribution in [1.29, 1.82) is 0 Å². The smallest absolute Gasteiger partial charge is 0.407 e. The standard InChI is InChI=1S/C29H49NO2/c1-19(2)8-7-9-20(3)24-12-13-25-23-11-10-21-18-22(32-27(31)30-6)14-16-28(21,4)26(23)15-17-29(24,25)5/h10,19-20,22-26H,7-9,11-18H2,1-6H3,(H,30,31)/t20?,22-,23?,24?,25?,26?,28-,29+/m0/s1. The van der Waals surface area contributed by atoms with Gasteiger partial charge < -0.3 is 10.1 Å². The van der Waals surface area contributed by atoms with E-state index in [1.807, 2.05) is 0 Å². The molecular formula is C29H49NO2. The molecule has 0 spiro atoms. The zero-order valence-electron chi connectivity index (χ0n) is 21.7. The van der Waals surface area contributed by atoms with Crippen molar-refractivity contribution in [3.05, 3.63) is 11.6 Å². The van der Waals surface area contributed by atoms with Crippen LogP contribution in [0.5, 0.6) is 0 Å². The SMILES string of the molecule is CNC(=O)O[C@H]1CC[C@@]2(C)C(=CCC3C4CCC(C(C)CCCC(C)C)[C@@]4(C)CCC32)C1. The summed E-state index contributed by atoms with van der Waals surface area (Å²) in [7, 11) is 1.65. The van der Waals surface area contributed by atoms with Gasteiger partial charge in [0.05, 0.1) is 0 Å². The van der Waals surface area contributed by atoms with Crippen LogP contribution in [0, 0.1) is 46.3 Å². The molecule has 3 nitrogen and oxygen atoms in total. The molecule has 8 atom stereocenters. The highest BCUT2D eigenvalue weighted by Gasteiger charge is 2.59. The third-order valence-electron chi connectivity index (χ3n) is 10.7. The van der Waals surface area contributed by atoms with E-state index >= 15 is 0 Å². The molecule has 1 N–H and O–H groups in total. The fraction of sp³-hybridized carbons (Fsp3) is 0.897. The van der Waals surface area contributed by atoms with Crippen molar-refractivity contribution >= 4 is 6.09 Å². The van der Waals surface area contributed by atoms with E-state index < -0.39 is 0 Å². The average molecular weight is 444 g/mol. The summed E-state index contributed by atoms with van der Waals surface area (Å²) in [6.07, 6.45) is 16.7. The van der Waals surface area contributed by atoms with E-state index in [0.717, 1.165) is 48.3 Å². The van der Waals surface area contributed by atoms with Crippen LogP contribution in [-0.2, 0) is 4.74 Å². The second-order valence-electron chi connectivity index (χ2n) is 12.8. The van der Waals surface area contributed by atoms with E-state index in [1.54, 1.807) is 12.6 Å². The molecule has 4 aliphatic carbocycles. The van der Waals surface area contributed by atoms with Gasteiger partial charge in [-0.05, 0) is 91.3 Å². The lowest BCUT2D eigenvalue weighted by Crippen LogP contribution is -2.51. The molecule has 32 heavy (non-hydrogen) atoms. The van der Waals surface area contributed by atoms with Crippen LogP contribution >= 0.6 is 0 Å². The Morgan fingerprint density at radius 3 is 2.59 bits per heavy atom. The lowest BCUT2D eigenvalue weighted by atomic mass is 9.47. The summed E-state index contributed by atoms with van der Waals surface area (Å²) in [5.41, 5.74) is 2.48. The molecule has 0 radical (unpaired) electrons. The average Bonchev–Trinajstić information content (AvgIpc) is 3.11. The van der Waals surface area contributed by atoms with E-state index in [0.29, 0.717) is 10.8 Å². The van der Waals surface area contributed by atoms with Crippen molar-refractivity contribution in [3.63, 3.8) is 0 Å². The topological polar surface area (TPSA) is 38.3 Å². The fourth-order valence-electron chi connectivity index (χ4n) is 8.96. The van der Waals surface area contributed by atoms with Gasteiger partial charge in [-0.3, -0.25) is 0 Å². The Morgan fingerprint density at radius 1 is 1.09 bits per heavy atom. The van der Waals surface area contributed by atoms with Gasteiger partial charge in [-0.1, -0.05) is 65.5 Å². The van der Waals surface area contributed by atoms with Crippen LogP contribution < -0.4 is 5.32 Å². The first-order valence-corrected chi connectivity index (χ1v) is 13.8. The number of hydrogen-bond donors (Lipinski definition) is 1. The molecule has 0 aromatic carbocycles. The third kappa shape index (κ3) is 4.27. The molecule has 3 heteroatoms. The summed E-state index contributed by atoms with van der Waals surface area (Å²) < 4.78 is 5.65. The first kappa shape index (κ1) is 24.1. The lowest BCUT2D eigenvalue weighted by Gasteiger charge is -2.58. The van der Waals surface area contributed by atoms with Gasteiger partial charge >= 0.3 is 6.09 Å². The van der Waals surface area contributed by atoms with E-state index in [2.05, 4.69) is 46.0 Å². The molecule has 0 bridgehead atoms. The third-order valence-corrected chi connectivity index (χ3v) is 10.7. The molecule has 0 heterocycles. The minimum absolute atomic E-state index is 0.0576. The Morgan fingerprint density at radius 2 is 1.88 bits per heavy atom. The molecule has 4 rings (SSSR count). The number of rotatable bonds is 6. The maximum Gasteiger partial charge on any atom is 0.407 e. The van der Waals surface area contributed by atoms with Crippen LogP contribution in [0.2, 0.25) is 0 Å². The molecule has 1 amide bonds. The molecule has 3 fully saturated rings. The van der Waals surface area contributed by atoms with E-state index in [9.17, 15) is 4.79 Å². The molecule has 182 valence electrons. The van der Waals surface area contributed by atoms with Gasteiger partial charge in [0.2, 0.25) is 0 Å². The van der Waals surface area contributed by atoms with Gasteiger partial charge in [-0.2, -0.15) is 0 Å². The monoisotopic (exact) mass is 443 g/mol. The predicted octanol–water partition coefficient (Wildman–Crippen LogP) is 7.75. The minimum atomic E-state index is -0.277. The Bertz CT molecular complexity index is 714. The number of alkyl carbamates (subject to hydrolysis) is 1. The second kappa shape index (κ2) is 9.34. The van der Waals surface area contributed by atoms with E-state index in [4.69, 9.17) is 4.74 Å². The van der Waals surface area contributed by atoms with Crippen LogP contribution in [-0.4, -0.2) is 19.2 Å². The Hall–Kier alpha value is -0.990. The van der Waals surface area contributed by atoms with Gasteiger partial charge in [0.15, 0.2) is 0 Å². The number of carbonyl (C=O) groups is 1. The molecule has 0 aliphatic heterocycles. The predicted molar refractivity (Wildman–Crippen MR) is 132 cm³/mol. The Labute approximate surface area is 197 Å². The zero-order valence-corrected chi connectivity index (χ0v) is 21.7. The quantitative estimate of drug-likeness (QED) is 0.426. The van der Waals surface area contributed by atoms with Gasteiger partial charge in [-0.25, -0.2) is 4.79 Å². The number of nitrogens with one attached hydrogen (secondary N) is 1. The van der Waals surface area contributed by atoms with Crippen molar-refractivity contribution < 1.29 is 9.53 Å². The molecular weight excluding hydrogens is 394 g/mol. The van der Waals surface area contributed by atoms with E-state index in [1.165, 1.54) is 57.8 Å². The highest BCUT2D eigenvalue weighted by Crippen LogP contribution is 2.67. The lowest BCUT2D eigenvalue weighted by molar-refractivity contribution is -0.0580. The van der Waals surface area contributed by atoms with Gasteiger partial charge in [-0.15, -0.1) is 0 Å². The van der Waals surface area contributed by atoms with Crippen LogP contribution in [0.3, 0.4) is 0 Å². The first-order valence-electron chi connectivity index (χ1n) is 13.8. The van der Waals surface area contributed by atoms with Crippen LogP contribution in [0.1, 0.15) is 105 Å². The first-order chi connectivity index (χ1) is 15.2. The van der Waals surface area contributed by atoms with Crippen molar-refractivity contribution in [2.24, 2.45) is 46.3 Å². The Balaban J connectivity index is 1.45. The van der Waals surface area contributed by atoms with Gasteiger partial charge in [0, 0.05) is 13.5 Å². The molecule has 0 aromatic rings. The molecule has 0 saturated heterocycles. The number of hydrogen-bond acceptors (Lipinski definition) is 2. The van der Waals surface area contributed by atoms with Crippen LogP contribution in [0.4, 0.5) is 4.79 Å². The molecule has 3 saturated carbocycles. The van der Waals surface area contributed by atoms with Crippen molar-refractivity contribution in [2.45, 2.75) is 111 Å². The summed E-state index contributed by atoms with van der Waals surface area (Å²) in [5.74, 6) is 5.25. The van der Waals surface area contributed by atoms with Gasteiger partial charge in [0.25, 0.3) is 0 Å². The summed E-state index contributed by atoms with van der Waals surface area (Å²) in [5, 5.41) is 2.62. The fourth-order valence-corrected chi connectivity index (χ4v) is 8.96. The molecule has 5 unspecified atom stereocenters. The number of allylic oxidation sites excluding steroid dienone is 1. The zero-order chi connectivity index (χ0) is 23.1. The summed E-state index contributed by atoms with van der Waals surface area (Å²) in [4.78, 5) is 11.7. The summed E-state index contributed by atoms with van der Waals surface area (Å²) in [6, 6.07) is 0. The summed E-state index contributed by atoms with van der Waals surface area (Å²) >= 11 is 0. The Kier molecular flexibility index (Phi) is 7.04. The summed E-state index contributed by atoms with van der Waals surface area (Å²) in [6.45, 7) is 12.5. The van der Waals surface area contributed by atoms with Crippen LogP contribution in [0.15, 0.2) is 11.6 Å². The number of ether oxygens (including phenoxy) is 1.